The maximum Gasteiger partial charge on any atom is 0.310 e. The monoisotopic (exact) mass is 217 g/mol. The first-order valence-corrected chi connectivity index (χ1v) is 5.38. The van der Waals surface area contributed by atoms with E-state index < -0.39 is 17.0 Å². The van der Waals surface area contributed by atoms with Gasteiger partial charge in [0, 0.05) is 13.1 Å². The predicted octanol–water partition coefficient (Wildman–Crippen LogP) is 1.24. The molecule has 90 valence electrons. The van der Waals surface area contributed by atoms with Crippen molar-refractivity contribution in [3.05, 3.63) is 0 Å². The molecule has 0 aliphatic rings. The Balaban J connectivity index is 3.93. The molecule has 3 N–H and O–H groups in total. The van der Waals surface area contributed by atoms with Gasteiger partial charge in [-0.05, 0) is 27.2 Å². The highest BCUT2D eigenvalue weighted by Gasteiger charge is 2.28. The summed E-state index contributed by atoms with van der Waals surface area (Å²) in [7, 11) is 0. The molecular formula is C11H23NO3. The van der Waals surface area contributed by atoms with E-state index in [1.807, 2.05) is 6.92 Å². The minimum Gasteiger partial charge on any atom is -0.481 e. The van der Waals surface area contributed by atoms with E-state index in [2.05, 4.69) is 5.32 Å². The molecule has 0 aliphatic heterocycles. The van der Waals surface area contributed by atoms with Crippen molar-refractivity contribution < 1.29 is 15.0 Å². The summed E-state index contributed by atoms with van der Waals surface area (Å²) in [4.78, 5) is 10.8. The normalized spacial score (nSPS) is 16.1. The Morgan fingerprint density at radius 2 is 1.80 bits per heavy atom. The third-order valence-corrected chi connectivity index (χ3v) is 2.44. The molecule has 0 aromatic heterocycles. The van der Waals surface area contributed by atoms with Crippen molar-refractivity contribution in [1.29, 1.82) is 0 Å². The van der Waals surface area contributed by atoms with Crippen LogP contribution < -0.4 is 5.32 Å². The molecule has 0 amide bonds. The van der Waals surface area contributed by atoms with Crippen molar-refractivity contribution in [2.75, 3.05) is 13.1 Å². The molecule has 0 aromatic carbocycles. The van der Waals surface area contributed by atoms with E-state index in [4.69, 9.17) is 5.11 Å². The topological polar surface area (TPSA) is 69.6 Å². The van der Waals surface area contributed by atoms with Gasteiger partial charge in [-0.2, -0.15) is 0 Å². The van der Waals surface area contributed by atoms with Gasteiger partial charge in [0.05, 0.1) is 11.0 Å². The number of carboxylic acids is 1. The highest BCUT2D eigenvalue weighted by Crippen LogP contribution is 2.15. The van der Waals surface area contributed by atoms with Crippen LogP contribution in [0.3, 0.4) is 0 Å². The molecule has 15 heavy (non-hydrogen) atoms. The van der Waals surface area contributed by atoms with Gasteiger partial charge in [0.1, 0.15) is 0 Å². The fourth-order valence-electron chi connectivity index (χ4n) is 1.35. The van der Waals surface area contributed by atoms with Gasteiger partial charge in [-0.15, -0.1) is 0 Å². The number of hydrogen-bond acceptors (Lipinski definition) is 3. The molecule has 0 spiro atoms. The molecule has 4 heteroatoms. The third kappa shape index (κ3) is 5.74. The fraction of sp³-hybridized carbons (Fsp3) is 0.909. The zero-order valence-electron chi connectivity index (χ0n) is 10.1. The maximum atomic E-state index is 10.8. The Morgan fingerprint density at radius 3 is 2.20 bits per heavy atom. The molecule has 0 radical (unpaired) electrons. The summed E-state index contributed by atoms with van der Waals surface area (Å²) in [6, 6.07) is 0. The Bertz CT molecular complexity index is 212. The Morgan fingerprint density at radius 1 is 1.27 bits per heavy atom. The van der Waals surface area contributed by atoms with Gasteiger partial charge in [0.15, 0.2) is 0 Å². The van der Waals surface area contributed by atoms with Crippen molar-refractivity contribution in [3.63, 3.8) is 0 Å². The molecule has 0 aromatic rings. The first-order chi connectivity index (χ1) is 6.71. The minimum absolute atomic E-state index is 0.363. The molecule has 0 heterocycles. The molecule has 0 saturated carbocycles. The molecule has 1 unspecified atom stereocenters. The smallest absolute Gasteiger partial charge is 0.310 e. The number of hydrogen-bond donors (Lipinski definition) is 3. The zero-order chi connectivity index (χ0) is 12.1. The average molecular weight is 217 g/mol. The van der Waals surface area contributed by atoms with E-state index in [-0.39, 0.29) is 0 Å². The standard InChI is InChI=1S/C11H23NO3/c1-5-6-11(4,15)8-12-7-10(2,3)9(13)14/h12,15H,5-8H2,1-4H3,(H,13,14). The first-order valence-electron chi connectivity index (χ1n) is 5.38. The van der Waals surface area contributed by atoms with E-state index >= 15 is 0 Å². The summed E-state index contributed by atoms with van der Waals surface area (Å²) in [5.74, 6) is -0.829. The fourth-order valence-corrected chi connectivity index (χ4v) is 1.35. The highest BCUT2D eigenvalue weighted by atomic mass is 16.4. The zero-order valence-corrected chi connectivity index (χ0v) is 10.1. The van der Waals surface area contributed by atoms with Gasteiger partial charge in [0.25, 0.3) is 0 Å². The van der Waals surface area contributed by atoms with Crippen LogP contribution in [-0.4, -0.2) is 34.9 Å². The van der Waals surface area contributed by atoms with Crippen molar-refractivity contribution in [2.45, 2.75) is 46.1 Å². The van der Waals surface area contributed by atoms with E-state index in [1.165, 1.54) is 0 Å². The maximum absolute atomic E-state index is 10.8. The number of aliphatic hydroxyl groups is 1. The number of carbonyl (C=O) groups is 1. The van der Waals surface area contributed by atoms with Gasteiger partial charge < -0.3 is 15.5 Å². The predicted molar refractivity (Wildman–Crippen MR) is 59.8 cm³/mol. The summed E-state index contributed by atoms with van der Waals surface area (Å²) < 4.78 is 0. The van der Waals surface area contributed by atoms with Gasteiger partial charge in [0.2, 0.25) is 0 Å². The minimum atomic E-state index is -0.829. The van der Waals surface area contributed by atoms with Gasteiger partial charge in [-0.25, -0.2) is 0 Å². The van der Waals surface area contributed by atoms with Crippen molar-refractivity contribution in [2.24, 2.45) is 5.41 Å². The molecule has 0 fully saturated rings. The van der Waals surface area contributed by atoms with Gasteiger partial charge in [-0.3, -0.25) is 4.79 Å². The van der Waals surface area contributed by atoms with Crippen LogP contribution in [0.25, 0.3) is 0 Å². The summed E-state index contributed by atoms with van der Waals surface area (Å²) in [6.07, 6.45) is 1.63. The lowest BCUT2D eigenvalue weighted by Crippen LogP contribution is -2.43. The van der Waals surface area contributed by atoms with Crippen LogP contribution in [0.4, 0.5) is 0 Å². The van der Waals surface area contributed by atoms with Crippen LogP contribution in [0.2, 0.25) is 0 Å². The van der Waals surface area contributed by atoms with Crippen molar-refractivity contribution in [1.82, 2.24) is 5.32 Å². The Labute approximate surface area is 91.7 Å². The van der Waals surface area contributed by atoms with Crippen LogP contribution in [-0.2, 0) is 4.79 Å². The summed E-state index contributed by atoms with van der Waals surface area (Å²) in [5, 5.41) is 21.7. The molecule has 0 bridgehead atoms. The number of carboxylic acid groups (broad SMARTS) is 1. The van der Waals surface area contributed by atoms with E-state index in [1.54, 1.807) is 20.8 Å². The number of rotatable bonds is 7. The molecule has 0 aliphatic carbocycles. The van der Waals surface area contributed by atoms with E-state index in [9.17, 15) is 9.90 Å². The lowest BCUT2D eigenvalue weighted by atomic mass is 9.93. The first kappa shape index (κ1) is 14.4. The lowest BCUT2D eigenvalue weighted by molar-refractivity contribution is -0.146. The lowest BCUT2D eigenvalue weighted by Gasteiger charge is -2.26. The number of nitrogens with one attached hydrogen (secondary N) is 1. The molecule has 0 rings (SSSR count). The van der Waals surface area contributed by atoms with Gasteiger partial charge in [-0.1, -0.05) is 13.3 Å². The molecule has 1 atom stereocenters. The third-order valence-electron chi connectivity index (χ3n) is 2.44. The van der Waals surface area contributed by atoms with Crippen LogP contribution in [0.5, 0.6) is 0 Å². The van der Waals surface area contributed by atoms with Crippen LogP contribution in [0.1, 0.15) is 40.5 Å². The highest BCUT2D eigenvalue weighted by molar-refractivity contribution is 5.73. The van der Waals surface area contributed by atoms with Crippen LogP contribution in [0, 0.1) is 5.41 Å². The van der Waals surface area contributed by atoms with Crippen LogP contribution in [0.15, 0.2) is 0 Å². The summed E-state index contributed by atoms with van der Waals surface area (Å²) in [6.45, 7) is 7.89. The van der Waals surface area contributed by atoms with Crippen molar-refractivity contribution in [3.8, 4) is 0 Å². The van der Waals surface area contributed by atoms with Crippen molar-refractivity contribution >= 4 is 5.97 Å². The van der Waals surface area contributed by atoms with Gasteiger partial charge >= 0.3 is 5.97 Å². The quantitative estimate of drug-likeness (QED) is 0.600. The Hall–Kier alpha value is -0.610. The van der Waals surface area contributed by atoms with Crippen LogP contribution >= 0.6 is 0 Å². The van der Waals surface area contributed by atoms with E-state index in [0.29, 0.717) is 19.5 Å². The molecule has 4 nitrogen and oxygen atoms in total. The second kappa shape index (κ2) is 5.47. The SMILES string of the molecule is CCCC(C)(O)CNCC(C)(C)C(=O)O. The second-order valence-electron chi connectivity index (χ2n) is 5.04. The summed E-state index contributed by atoms with van der Waals surface area (Å²) in [5.41, 5.74) is -1.54. The average Bonchev–Trinajstić information content (AvgIpc) is 2.02. The number of aliphatic carboxylic acids is 1. The summed E-state index contributed by atoms with van der Waals surface area (Å²) >= 11 is 0. The largest absolute Gasteiger partial charge is 0.481 e. The molecule has 0 saturated heterocycles. The molecular weight excluding hydrogens is 194 g/mol. The Kier molecular flexibility index (Phi) is 5.24. The van der Waals surface area contributed by atoms with E-state index in [0.717, 1.165) is 6.42 Å². The second-order valence-corrected chi connectivity index (χ2v) is 5.04.